The van der Waals surface area contributed by atoms with E-state index in [2.05, 4.69) is 10.6 Å². The van der Waals surface area contributed by atoms with Gasteiger partial charge in [-0.1, -0.05) is 43.5 Å². The molecular weight excluding hydrogens is 526 g/mol. The Morgan fingerprint density at radius 1 is 0.951 bits per heavy atom. The Morgan fingerprint density at radius 2 is 1.56 bits per heavy atom. The number of rotatable bonds is 12. The van der Waals surface area contributed by atoms with Crippen LogP contribution in [0.2, 0.25) is 0 Å². The van der Waals surface area contributed by atoms with Gasteiger partial charge in [-0.05, 0) is 55.0 Å². The van der Waals surface area contributed by atoms with Crippen molar-refractivity contribution >= 4 is 29.6 Å². The van der Waals surface area contributed by atoms with Crippen LogP contribution in [-0.2, 0) is 20.8 Å². The van der Waals surface area contributed by atoms with Gasteiger partial charge >= 0.3 is 5.97 Å². The van der Waals surface area contributed by atoms with Crippen molar-refractivity contribution in [3.05, 3.63) is 65.2 Å². The van der Waals surface area contributed by atoms with E-state index in [4.69, 9.17) is 4.74 Å². The Balaban J connectivity index is 1.55. The van der Waals surface area contributed by atoms with Crippen molar-refractivity contribution in [3.63, 3.8) is 0 Å². The summed E-state index contributed by atoms with van der Waals surface area (Å²) in [7, 11) is 3.04. The molecule has 2 aromatic rings. The fourth-order valence-corrected chi connectivity index (χ4v) is 6.03. The molecule has 1 heterocycles. The van der Waals surface area contributed by atoms with Crippen molar-refractivity contribution in [1.29, 1.82) is 0 Å². The van der Waals surface area contributed by atoms with Gasteiger partial charge in [0.15, 0.2) is 0 Å². The number of carboxylic acid groups (broad SMARTS) is 1. The third-order valence-corrected chi connectivity index (χ3v) is 8.23. The molecule has 0 bridgehead atoms. The van der Waals surface area contributed by atoms with Gasteiger partial charge in [-0.25, -0.2) is 0 Å². The predicted octanol–water partition coefficient (Wildman–Crippen LogP) is 3.05. The number of methoxy groups -OCH3 is 1. The zero-order valence-corrected chi connectivity index (χ0v) is 23.4. The van der Waals surface area contributed by atoms with E-state index in [1.807, 2.05) is 12.1 Å². The highest BCUT2D eigenvalue weighted by molar-refractivity contribution is 6.21. The Morgan fingerprint density at radius 3 is 2.10 bits per heavy atom. The van der Waals surface area contributed by atoms with Gasteiger partial charge in [-0.2, -0.15) is 0 Å². The lowest BCUT2D eigenvalue weighted by atomic mass is 9.72. The SMILES string of the molecule is CNC(=O)C(Cc1ccc(OC)cc1)NC(=O)C(C1CCCCC1)C(CCN1C(=O)c2ccccc2C1=O)C(=O)O. The molecule has 4 amide bonds. The third kappa shape index (κ3) is 6.75. The number of nitrogens with one attached hydrogen (secondary N) is 2. The summed E-state index contributed by atoms with van der Waals surface area (Å²) in [6, 6.07) is 12.7. The lowest BCUT2D eigenvalue weighted by molar-refractivity contribution is -0.150. The number of carbonyl (C=O) groups is 5. The molecule has 0 aromatic heterocycles. The Bertz CT molecular complexity index is 1250. The minimum absolute atomic E-state index is 0.0709. The van der Waals surface area contributed by atoms with Gasteiger partial charge < -0.3 is 20.5 Å². The van der Waals surface area contributed by atoms with E-state index in [0.29, 0.717) is 18.6 Å². The number of likely N-dealkylation sites (N-methyl/N-ethyl adjacent to an activating group) is 1. The maximum Gasteiger partial charge on any atom is 0.307 e. The number of imide groups is 1. The molecule has 10 nitrogen and oxygen atoms in total. The third-order valence-electron chi connectivity index (χ3n) is 8.23. The van der Waals surface area contributed by atoms with Crippen LogP contribution in [-0.4, -0.2) is 66.3 Å². The highest BCUT2D eigenvalue weighted by Gasteiger charge is 2.42. The quantitative estimate of drug-likeness (QED) is 0.337. The molecule has 1 fully saturated rings. The molecule has 3 N–H and O–H groups in total. The normalized spacial score (nSPS) is 17.4. The first-order valence-electron chi connectivity index (χ1n) is 14.1. The smallest absolute Gasteiger partial charge is 0.307 e. The number of nitrogens with zero attached hydrogens (tertiary/aromatic N) is 1. The second kappa shape index (κ2) is 13.4. The van der Waals surface area contributed by atoms with Crippen LogP contribution in [0.4, 0.5) is 0 Å². The molecule has 2 aliphatic rings. The number of hydrogen-bond acceptors (Lipinski definition) is 6. The van der Waals surface area contributed by atoms with E-state index in [1.54, 1.807) is 43.5 Å². The molecule has 1 aliphatic carbocycles. The van der Waals surface area contributed by atoms with Crippen molar-refractivity contribution < 1.29 is 33.8 Å². The average molecular weight is 564 g/mol. The van der Waals surface area contributed by atoms with Crippen LogP contribution < -0.4 is 15.4 Å². The second-order valence-electron chi connectivity index (χ2n) is 10.7. The summed E-state index contributed by atoms with van der Waals surface area (Å²) >= 11 is 0. The van der Waals surface area contributed by atoms with Crippen molar-refractivity contribution in [2.24, 2.45) is 17.8 Å². The van der Waals surface area contributed by atoms with Gasteiger partial charge in [-0.15, -0.1) is 0 Å². The fourth-order valence-electron chi connectivity index (χ4n) is 6.03. The highest BCUT2D eigenvalue weighted by atomic mass is 16.5. The van der Waals surface area contributed by atoms with E-state index in [0.717, 1.165) is 29.7 Å². The Kier molecular flexibility index (Phi) is 9.75. The summed E-state index contributed by atoms with van der Waals surface area (Å²) in [6.45, 7) is -0.120. The minimum atomic E-state index is -1.17. The van der Waals surface area contributed by atoms with E-state index >= 15 is 0 Å². The monoisotopic (exact) mass is 563 g/mol. The number of fused-ring (bicyclic) bond motifs is 1. The summed E-state index contributed by atoms with van der Waals surface area (Å²) < 4.78 is 5.20. The van der Waals surface area contributed by atoms with Gasteiger partial charge in [-0.3, -0.25) is 28.9 Å². The average Bonchev–Trinajstić information content (AvgIpc) is 3.23. The van der Waals surface area contributed by atoms with Crippen molar-refractivity contribution in [2.45, 2.75) is 51.0 Å². The second-order valence-corrected chi connectivity index (χ2v) is 10.7. The van der Waals surface area contributed by atoms with Crippen molar-refractivity contribution in [1.82, 2.24) is 15.5 Å². The van der Waals surface area contributed by atoms with Crippen LogP contribution >= 0.6 is 0 Å². The highest BCUT2D eigenvalue weighted by Crippen LogP contribution is 2.36. The largest absolute Gasteiger partial charge is 0.497 e. The van der Waals surface area contributed by atoms with Crippen LogP contribution in [0.3, 0.4) is 0 Å². The number of amides is 4. The molecule has 3 atom stereocenters. The minimum Gasteiger partial charge on any atom is -0.497 e. The first-order valence-corrected chi connectivity index (χ1v) is 14.1. The van der Waals surface area contributed by atoms with Crippen LogP contribution in [0.15, 0.2) is 48.5 Å². The van der Waals surface area contributed by atoms with E-state index in [1.165, 1.54) is 7.05 Å². The predicted molar refractivity (Wildman–Crippen MR) is 150 cm³/mol. The lowest BCUT2D eigenvalue weighted by Crippen LogP contribution is -2.52. The molecule has 218 valence electrons. The first-order chi connectivity index (χ1) is 19.7. The molecule has 0 spiro atoms. The van der Waals surface area contributed by atoms with E-state index < -0.39 is 47.5 Å². The Hall–Kier alpha value is -4.21. The maximum atomic E-state index is 13.9. The number of aliphatic carboxylic acids is 1. The summed E-state index contributed by atoms with van der Waals surface area (Å²) in [5.74, 6) is -4.60. The first kappa shape index (κ1) is 29.8. The van der Waals surface area contributed by atoms with Crippen LogP contribution in [0.25, 0.3) is 0 Å². The van der Waals surface area contributed by atoms with Gasteiger partial charge in [0.2, 0.25) is 11.8 Å². The number of carbonyl (C=O) groups excluding carboxylic acids is 4. The summed E-state index contributed by atoms with van der Waals surface area (Å²) in [4.78, 5) is 66.2. The molecule has 2 aromatic carbocycles. The van der Waals surface area contributed by atoms with Crippen LogP contribution in [0, 0.1) is 17.8 Å². The van der Waals surface area contributed by atoms with Crippen LogP contribution in [0.1, 0.15) is 64.8 Å². The molecular formula is C31H37N3O7. The van der Waals surface area contributed by atoms with Gasteiger partial charge in [0.05, 0.1) is 30.1 Å². The fraction of sp³-hybridized carbons (Fsp3) is 0.452. The molecule has 1 aliphatic heterocycles. The molecule has 0 radical (unpaired) electrons. The topological polar surface area (TPSA) is 142 Å². The maximum absolute atomic E-state index is 13.9. The Labute approximate surface area is 239 Å². The zero-order valence-electron chi connectivity index (χ0n) is 23.4. The van der Waals surface area contributed by atoms with Crippen LogP contribution in [0.5, 0.6) is 5.75 Å². The standard InChI is InChI=1S/C31H37N3O7/c1-32-27(35)25(18-19-12-14-21(41-2)15-13-19)33-28(36)26(20-8-4-3-5-9-20)24(31(39)40)16-17-34-29(37)22-10-6-7-11-23(22)30(34)38/h6-7,10-15,20,24-26H,3-5,8-9,16-18H2,1-2H3,(H,32,35)(H,33,36)(H,39,40). The number of ether oxygens (including phenoxy) is 1. The summed E-state index contributed by atoms with van der Waals surface area (Å²) in [5.41, 5.74) is 1.38. The molecule has 4 rings (SSSR count). The lowest BCUT2D eigenvalue weighted by Gasteiger charge is -2.34. The number of hydrogen-bond donors (Lipinski definition) is 3. The zero-order chi connectivity index (χ0) is 29.5. The van der Waals surface area contributed by atoms with Gasteiger partial charge in [0.25, 0.3) is 11.8 Å². The molecule has 10 heteroatoms. The van der Waals surface area contributed by atoms with E-state index in [-0.39, 0.29) is 36.4 Å². The number of carboxylic acids is 1. The summed E-state index contributed by atoms with van der Waals surface area (Å²) in [6.07, 6.45) is 4.29. The molecule has 1 saturated carbocycles. The van der Waals surface area contributed by atoms with E-state index in [9.17, 15) is 29.1 Å². The van der Waals surface area contributed by atoms with Crippen molar-refractivity contribution in [2.75, 3.05) is 20.7 Å². The summed E-state index contributed by atoms with van der Waals surface area (Å²) in [5, 5.41) is 15.7. The number of benzene rings is 2. The van der Waals surface area contributed by atoms with Crippen molar-refractivity contribution in [3.8, 4) is 5.75 Å². The molecule has 0 saturated heterocycles. The molecule has 41 heavy (non-hydrogen) atoms. The molecule has 3 unspecified atom stereocenters. The van der Waals surface area contributed by atoms with Gasteiger partial charge in [0, 0.05) is 20.0 Å². The van der Waals surface area contributed by atoms with Gasteiger partial charge in [0.1, 0.15) is 11.8 Å².